The molecule has 0 saturated heterocycles. The maximum Gasteiger partial charge on any atom is 0.0773 e. The Hall–Kier alpha value is -0.320. The van der Waals surface area contributed by atoms with Gasteiger partial charge in [-0.25, -0.2) is 0 Å². The van der Waals surface area contributed by atoms with Crippen LogP contribution in [0.3, 0.4) is 0 Å². The third kappa shape index (κ3) is 20.4. The maximum absolute atomic E-state index is 8.99. The minimum Gasteiger partial charge on any atom is -0.396 e. The van der Waals surface area contributed by atoms with Crippen molar-refractivity contribution in [3.8, 4) is 0 Å². The van der Waals surface area contributed by atoms with E-state index < -0.39 is 6.10 Å². The predicted molar refractivity (Wildman–Crippen MR) is 144 cm³/mol. The Kier molecular flexibility index (Phi) is 28.7. The van der Waals surface area contributed by atoms with Crippen molar-refractivity contribution in [2.45, 2.75) is 88.2 Å². The second-order valence-corrected chi connectivity index (χ2v) is 11.1. The van der Waals surface area contributed by atoms with E-state index in [0.29, 0.717) is 30.1 Å². The smallest absolute Gasteiger partial charge is 0.0773 e. The third-order valence-electron chi connectivity index (χ3n) is 7.04. The molecule has 8 N–H and O–H groups in total. The summed E-state index contributed by atoms with van der Waals surface area (Å²) < 4.78 is 0. The summed E-state index contributed by atoms with van der Waals surface area (Å²) >= 11 is 0. The fourth-order valence-corrected chi connectivity index (χ4v) is 2.56. The Balaban J connectivity index is -0.000000184. The van der Waals surface area contributed by atoms with Crippen molar-refractivity contribution in [2.75, 3.05) is 46.2 Å². The lowest BCUT2D eigenvalue weighted by atomic mass is 9.76. The fraction of sp³-hybridized carbons (Fsp3) is 1.00. The molecule has 0 rings (SSSR count). The summed E-state index contributed by atoms with van der Waals surface area (Å²) in [4.78, 5) is 0. The Morgan fingerprint density at radius 3 is 1.03 bits per heavy atom. The molecule has 0 saturated carbocycles. The Morgan fingerprint density at radius 1 is 0.600 bits per heavy atom. The standard InChI is InChI=1S/C8H18O2.C7H16O2.2C6H14O2/c1-4-8(5-9,6-10)7(2)3;1-6(2)7(3,4-8)5-9;1-5(2)6(3-7)4-8;1-5(2)3-6(8)4-7/h7,9-10H,4-6H2,1-3H3;6,8-9H,4-5H2,1-3H3;2*5-8H,3-4H2,1-2H3. The summed E-state index contributed by atoms with van der Waals surface area (Å²) in [5.74, 6) is 1.58. The first-order valence-corrected chi connectivity index (χ1v) is 13.0. The van der Waals surface area contributed by atoms with E-state index in [2.05, 4.69) is 0 Å². The van der Waals surface area contributed by atoms with Gasteiger partial charge in [0.05, 0.1) is 39.1 Å². The second kappa shape index (κ2) is 24.0. The van der Waals surface area contributed by atoms with E-state index >= 15 is 0 Å². The molecule has 218 valence electrons. The van der Waals surface area contributed by atoms with E-state index in [-0.39, 0.29) is 63.0 Å². The molecule has 0 aromatic carbocycles. The molecule has 0 spiro atoms. The molecule has 0 amide bonds. The molecule has 1 unspecified atom stereocenters. The zero-order chi connectivity index (χ0) is 28.8. The van der Waals surface area contributed by atoms with Crippen molar-refractivity contribution in [2.24, 2.45) is 40.4 Å². The summed E-state index contributed by atoms with van der Waals surface area (Å²) in [7, 11) is 0. The van der Waals surface area contributed by atoms with Gasteiger partial charge in [-0.1, -0.05) is 69.2 Å². The number of hydrogen-bond donors (Lipinski definition) is 8. The highest BCUT2D eigenvalue weighted by Gasteiger charge is 2.30. The van der Waals surface area contributed by atoms with Crippen LogP contribution in [0.5, 0.6) is 0 Å². The molecule has 0 radical (unpaired) electrons. The minimum atomic E-state index is -0.519. The zero-order valence-corrected chi connectivity index (χ0v) is 24.4. The van der Waals surface area contributed by atoms with Crippen molar-refractivity contribution in [3.63, 3.8) is 0 Å². The van der Waals surface area contributed by atoms with E-state index in [1.165, 1.54) is 0 Å². The van der Waals surface area contributed by atoms with Crippen LogP contribution in [0.25, 0.3) is 0 Å². The molecular weight excluding hydrogens is 452 g/mol. The first-order chi connectivity index (χ1) is 16.1. The van der Waals surface area contributed by atoms with Crippen LogP contribution in [-0.4, -0.2) is 93.2 Å². The predicted octanol–water partition coefficient (Wildman–Crippen LogP) is 2.29. The zero-order valence-electron chi connectivity index (χ0n) is 24.4. The van der Waals surface area contributed by atoms with Gasteiger partial charge < -0.3 is 40.9 Å². The molecule has 0 bridgehead atoms. The van der Waals surface area contributed by atoms with Crippen molar-refractivity contribution >= 4 is 0 Å². The van der Waals surface area contributed by atoms with Crippen LogP contribution in [0.1, 0.15) is 82.1 Å². The summed E-state index contributed by atoms with van der Waals surface area (Å²) in [6.45, 7) is 20.2. The average molecular weight is 515 g/mol. The molecule has 8 heteroatoms. The highest BCUT2D eigenvalue weighted by molar-refractivity contribution is 4.79. The average Bonchev–Trinajstić information content (AvgIpc) is 2.81. The van der Waals surface area contributed by atoms with E-state index in [4.69, 9.17) is 40.9 Å². The molecule has 0 aliphatic rings. The number of hydrogen-bond acceptors (Lipinski definition) is 8. The highest BCUT2D eigenvalue weighted by atomic mass is 16.3. The van der Waals surface area contributed by atoms with Crippen LogP contribution in [0.15, 0.2) is 0 Å². The lowest BCUT2D eigenvalue weighted by Gasteiger charge is -2.32. The lowest BCUT2D eigenvalue weighted by Crippen LogP contribution is -2.34. The second-order valence-electron chi connectivity index (χ2n) is 11.1. The molecule has 35 heavy (non-hydrogen) atoms. The summed E-state index contributed by atoms with van der Waals surface area (Å²) in [5.41, 5.74) is -0.569. The van der Waals surface area contributed by atoms with Crippen LogP contribution >= 0.6 is 0 Å². The summed E-state index contributed by atoms with van der Waals surface area (Å²) in [6.07, 6.45) is 1.00. The summed E-state index contributed by atoms with van der Waals surface area (Å²) in [5, 5.41) is 69.8. The molecule has 0 aromatic heterocycles. The van der Waals surface area contributed by atoms with Gasteiger partial charge in [0.25, 0.3) is 0 Å². The maximum atomic E-state index is 8.99. The molecule has 8 nitrogen and oxygen atoms in total. The van der Waals surface area contributed by atoms with Gasteiger partial charge in [-0.3, -0.25) is 0 Å². The van der Waals surface area contributed by atoms with Crippen LogP contribution in [0, 0.1) is 40.4 Å². The molecule has 0 aromatic rings. The van der Waals surface area contributed by atoms with E-state index in [0.717, 1.165) is 6.42 Å². The van der Waals surface area contributed by atoms with E-state index in [1.807, 2.05) is 69.2 Å². The Labute approximate surface area is 216 Å². The van der Waals surface area contributed by atoms with Crippen molar-refractivity contribution in [3.05, 3.63) is 0 Å². The van der Waals surface area contributed by atoms with Gasteiger partial charge >= 0.3 is 0 Å². The van der Waals surface area contributed by atoms with Crippen molar-refractivity contribution in [1.82, 2.24) is 0 Å². The van der Waals surface area contributed by atoms with Crippen LogP contribution < -0.4 is 0 Å². The van der Waals surface area contributed by atoms with Gasteiger partial charge in [0, 0.05) is 30.0 Å². The van der Waals surface area contributed by atoms with Crippen LogP contribution in [-0.2, 0) is 0 Å². The minimum absolute atomic E-state index is 0.0567. The SMILES string of the molecule is CC(C)C(C)(CO)CO.CC(C)C(CO)CO.CC(C)CC(O)CO.CCC(CO)(CO)C(C)C. The van der Waals surface area contributed by atoms with Crippen LogP contribution in [0.2, 0.25) is 0 Å². The molecule has 0 fully saturated rings. The first kappa shape index (κ1) is 41.8. The quantitative estimate of drug-likeness (QED) is 0.186. The van der Waals surface area contributed by atoms with Crippen molar-refractivity contribution < 1.29 is 40.9 Å². The fourth-order valence-electron chi connectivity index (χ4n) is 2.56. The Morgan fingerprint density at radius 2 is 1.00 bits per heavy atom. The van der Waals surface area contributed by atoms with Gasteiger partial charge in [-0.05, 0) is 36.5 Å². The highest BCUT2D eigenvalue weighted by Crippen LogP contribution is 2.29. The number of aliphatic hydroxyl groups excluding tert-OH is 8. The van der Waals surface area contributed by atoms with Gasteiger partial charge in [-0.2, -0.15) is 0 Å². The molecule has 0 aliphatic carbocycles. The van der Waals surface area contributed by atoms with Crippen LogP contribution in [0.4, 0.5) is 0 Å². The topological polar surface area (TPSA) is 162 Å². The number of rotatable bonds is 13. The Bertz CT molecular complexity index is 407. The van der Waals surface area contributed by atoms with E-state index in [1.54, 1.807) is 0 Å². The van der Waals surface area contributed by atoms with Gasteiger partial charge in [0.15, 0.2) is 0 Å². The molecule has 0 heterocycles. The number of aliphatic hydroxyl groups is 8. The monoisotopic (exact) mass is 514 g/mol. The third-order valence-corrected chi connectivity index (χ3v) is 7.04. The van der Waals surface area contributed by atoms with E-state index in [9.17, 15) is 0 Å². The molecule has 0 aliphatic heterocycles. The summed E-state index contributed by atoms with van der Waals surface area (Å²) in [6, 6.07) is 0. The molecular formula is C27H62O8. The van der Waals surface area contributed by atoms with Crippen molar-refractivity contribution in [1.29, 1.82) is 0 Å². The largest absolute Gasteiger partial charge is 0.396 e. The van der Waals surface area contributed by atoms with Gasteiger partial charge in [0.2, 0.25) is 0 Å². The van der Waals surface area contributed by atoms with Gasteiger partial charge in [0.1, 0.15) is 0 Å². The first-order valence-electron chi connectivity index (χ1n) is 13.0. The molecule has 1 atom stereocenters. The normalized spacial score (nSPS) is 12.8. The lowest BCUT2D eigenvalue weighted by molar-refractivity contribution is 0.0130. The van der Waals surface area contributed by atoms with Gasteiger partial charge in [-0.15, -0.1) is 0 Å².